The van der Waals surface area contributed by atoms with Gasteiger partial charge in [-0.3, -0.25) is 9.59 Å². The molecule has 6 heteroatoms. The molecule has 0 aliphatic heterocycles. The van der Waals surface area contributed by atoms with E-state index in [0.29, 0.717) is 6.42 Å². The third-order valence-corrected chi connectivity index (χ3v) is 7.72. The van der Waals surface area contributed by atoms with Gasteiger partial charge in [0.1, 0.15) is 12.2 Å². The highest BCUT2D eigenvalue weighted by Crippen LogP contribution is 2.63. The van der Waals surface area contributed by atoms with Crippen molar-refractivity contribution in [2.24, 2.45) is 22.7 Å². The maximum Gasteiger partial charge on any atom is 0.328 e. The lowest BCUT2D eigenvalue weighted by molar-refractivity contribution is -0.222. The normalized spacial score (nSPS) is 36.4. The van der Waals surface area contributed by atoms with E-state index >= 15 is 0 Å². The summed E-state index contributed by atoms with van der Waals surface area (Å²) in [5.74, 6) is -1.58. The van der Waals surface area contributed by atoms with Crippen molar-refractivity contribution in [2.75, 3.05) is 0 Å². The Labute approximate surface area is 179 Å². The van der Waals surface area contributed by atoms with Crippen LogP contribution in [-0.2, 0) is 23.9 Å². The van der Waals surface area contributed by atoms with E-state index in [2.05, 4.69) is 33.8 Å². The predicted octanol–water partition coefficient (Wildman–Crippen LogP) is 4.68. The zero-order valence-electron chi connectivity index (χ0n) is 19.3. The van der Waals surface area contributed by atoms with Gasteiger partial charge in [0.15, 0.2) is 0 Å². The third kappa shape index (κ3) is 4.47. The van der Waals surface area contributed by atoms with Crippen molar-refractivity contribution >= 4 is 17.9 Å². The molecule has 1 fully saturated rings. The highest BCUT2D eigenvalue weighted by molar-refractivity contribution is 5.80. The second kappa shape index (κ2) is 8.94. The third-order valence-electron chi connectivity index (χ3n) is 7.72. The van der Waals surface area contributed by atoms with E-state index in [4.69, 9.17) is 14.6 Å². The molecule has 2 aliphatic carbocycles. The van der Waals surface area contributed by atoms with Gasteiger partial charge in [-0.05, 0) is 50.9 Å². The number of hydrogen-bond donors (Lipinski definition) is 1. The van der Waals surface area contributed by atoms with Crippen molar-refractivity contribution < 1.29 is 29.0 Å². The number of aliphatic carboxylic acids is 1. The van der Waals surface area contributed by atoms with Crippen molar-refractivity contribution in [3.8, 4) is 0 Å². The van der Waals surface area contributed by atoms with Crippen molar-refractivity contribution in [1.82, 2.24) is 0 Å². The number of carbonyl (C=O) groups is 3. The first kappa shape index (κ1) is 24.2. The first-order valence-electron chi connectivity index (χ1n) is 10.8. The van der Waals surface area contributed by atoms with Crippen molar-refractivity contribution in [2.45, 2.75) is 86.4 Å². The zero-order valence-corrected chi connectivity index (χ0v) is 19.3. The number of carbonyl (C=O) groups excluding carboxylic acids is 2. The molecule has 30 heavy (non-hydrogen) atoms. The molecular formula is C24H36O6. The Kier molecular flexibility index (Phi) is 7.20. The summed E-state index contributed by atoms with van der Waals surface area (Å²) in [7, 11) is 0. The fourth-order valence-electron chi connectivity index (χ4n) is 5.87. The summed E-state index contributed by atoms with van der Waals surface area (Å²) in [6, 6.07) is 0. The summed E-state index contributed by atoms with van der Waals surface area (Å²) >= 11 is 0. The molecule has 168 valence electrons. The SMILES string of the molecule is CC(=O)OC1C(C)C(C)(CCC(C)=CC(=O)O)C2CCC=C(C)C2(C)C1OC(C)=O. The molecule has 0 saturated heterocycles. The smallest absolute Gasteiger partial charge is 0.328 e. The molecule has 1 N–H and O–H groups in total. The molecule has 0 bridgehead atoms. The Balaban J connectivity index is 2.55. The second-order valence-corrected chi connectivity index (χ2v) is 9.53. The first-order chi connectivity index (χ1) is 13.8. The molecule has 6 atom stereocenters. The van der Waals surface area contributed by atoms with Crippen LogP contribution >= 0.6 is 0 Å². The lowest BCUT2D eigenvalue weighted by atomic mass is 9.45. The summed E-state index contributed by atoms with van der Waals surface area (Å²) in [6.45, 7) is 13.1. The second-order valence-electron chi connectivity index (χ2n) is 9.53. The highest BCUT2D eigenvalue weighted by atomic mass is 16.6. The fraction of sp³-hybridized carbons (Fsp3) is 0.708. The molecule has 0 heterocycles. The van der Waals surface area contributed by atoms with Crippen molar-refractivity contribution in [3.63, 3.8) is 0 Å². The van der Waals surface area contributed by atoms with Crippen LogP contribution in [0.4, 0.5) is 0 Å². The van der Waals surface area contributed by atoms with Gasteiger partial charge >= 0.3 is 17.9 Å². The largest absolute Gasteiger partial charge is 0.478 e. The maximum atomic E-state index is 12.0. The Morgan fingerprint density at radius 3 is 2.30 bits per heavy atom. The minimum Gasteiger partial charge on any atom is -0.478 e. The molecule has 1 saturated carbocycles. The summed E-state index contributed by atoms with van der Waals surface area (Å²) in [5.41, 5.74) is 1.27. The van der Waals surface area contributed by atoms with E-state index in [0.717, 1.165) is 30.4 Å². The van der Waals surface area contributed by atoms with Gasteiger partial charge in [-0.15, -0.1) is 0 Å². The van der Waals surface area contributed by atoms with Crippen LogP contribution in [0.25, 0.3) is 0 Å². The van der Waals surface area contributed by atoms with Crippen LogP contribution in [0.3, 0.4) is 0 Å². The van der Waals surface area contributed by atoms with Gasteiger partial charge in [-0.1, -0.05) is 38.0 Å². The van der Waals surface area contributed by atoms with Gasteiger partial charge in [0.05, 0.1) is 0 Å². The summed E-state index contributed by atoms with van der Waals surface area (Å²) in [6.07, 6.45) is 5.64. The number of hydrogen-bond acceptors (Lipinski definition) is 5. The Hall–Kier alpha value is -2.11. The minimum absolute atomic E-state index is 0.0626. The predicted molar refractivity (Wildman–Crippen MR) is 114 cm³/mol. The fourth-order valence-corrected chi connectivity index (χ4v) is 5.87. The Morgan fingerprint density at radius 1 is 1.17 bits per heavy atom. The summed E-state index contributed by atoms with van der Waals surface area (Å²) in [5, 5.41) is 9.07. The van der Waals surface area contributed by atoms with Crippen LogP contribution in [0.1, 0.15) is 74.1 Å². The van der Waals surface area contributed by atoms with E-state index in [1.807, 2.05) is 6.92 Å². The quantitative estimate of drug-likeness (QED) is 0.381. The van der Waals surface area contributed by atoms with Gasteiger partial charge in [-0.2, -0.15) is 0 Å². The molecular weight excluding hydrogens is 384 g/mol. The highest BCUT2D eigenvalue weighted by Gasteiger charge is 2.63. The average molecular weight is 421 g/mol. The number of carboxylic acids is 1. The van der Waals surface area contributed by atoms with Gasteiger partial charge < -0.3 is 14.6 Å². The number of allylic oxidation sites excluding steroid dienone is 2. The summed E-state index contributed by atoms with van der Waals surface area (Å²) < 4.78 is 11.6. The number of fused-ring (bicyclic) bond motifs is 1. The molecule has 2 aliphatic rings. The molecule has 0 aromatic carbocycles. The van der Waals surface area contributed by atoms with Crippen molar-refractivity contribution in [3.05, 3.63) is 23.3 Å². The number of ether oxygens (including phenoxy) is 2. The topological polar surface area (TPSA) is 89.9 Å². The van der Waals surface area contributed by atoms with Gasteiger partial charge in [0.2, 0.25) is 0 Å². The van der Waals surface area contributed by atoms with Crippen LogP contribution in [0.5, 0.6) is 0 Å². The van der Waals surface area contributed by atoms with E-state index in [1.165, 1.54) is 19.9 Å². The molecule has 2 rings (SSSR count). The molecule has 0 aromatic rings. The van der Waals surface area contributed by atoms with E-state index in [9.17, 15) is 14.4 Å². The van der Waals surface area contributed by atoms with Gasteiger partial charge in [0.25, 0.3) is 0 Å². The van der Waals surface area contributed by atoms with Crippen LogP contribution < -0.4 is 0 Å². The van der Waals surface area contributed by atoms with Crippen LogP contribution in [0.2, 0.25) is 0 Å². The minimum atomic E-state index is -0.941. The monoisotopic (exact) mass is 420 g/mol. The molecule has 6 unspecified atom stereocenters. The molecule has 6 nitrogen and oxygen atoms in total. The van der Waals surface area contributed by atoms with Crippen molar-refractivity contribution in [1.29, 1.82) is 0 Å². The maximum absolute atomic E-state index is 12.0. The number of carboxylic acid groups (broad SMARTS) is 1. The first-order valence-corrected chi connectivity index (χ1v) is 10.8. The van der Waals surface area contributed by atoms with Crippen LogP contribution in [0, 0.1) is 22.7 Å². The van der Waals surface area contributed by atoms with Crippen LogP contribution in [0.15, 0.2) is 23.3 Å². The molecule has 0 radical (unpaired) electrons. The zero-order chi connectivity index (χ0) is 22.9. The van der Waals surface area contributed by atoms with Crippen LogP contribution in [-0.4, -0.2) is 35.2 Å². The van der Waals surface area contributed by atoms with E-state index < -0.39 is 29.6 Å². The van der Waals surface area contributed by atoms with E-state index in [1.54, 1.807) is 0 Å². The lowest BCUT2D eigenvalue weighted by Crippen LogP contribution is -2.64. The number of rotatable bonds is 6. The molecule has 0 amide bonds. The standard InChI is InChI=1S/C24H36O6/c1-14(13-20(27)28)11-12-23(6)16(3)21(29-17(4)25)22(30-18(5)26)24(7)15(2)9-8-10-19(23)24/h9,13,16,19,21-22H,8,10-12H2,1-7H3,(H,27,28). The Morgan fingerprint density at radius 2 is 1.77 bits per heavy atom. The van der Waals surface area contributed by atoms with Gasteiger partial charge in [0, 0.05) is 31.3 Å². The Bertz CT molecular complexity index is 766. The lowest BCUT2D eigenvalue weighted by Gasteiger charge is -2.62. The summed E-state index contributed by atoms with van der Waals surface area (Å²) in [4.78, 5) is 35.0. The average Bonchev–Trinajstić information content (AvgIpc) is 2.62. The van der Waals surface area contributed by atoms with Gasteiger partial charge in [-0.25, -0.2) is 4.79 Å². The molecule has 0 aromatic heterocycles. The molecule has 0 spiro atoms. The van der Waals surface area contributed by atoms with E-state index in [-0.39, 0.29) is 23.2 Å². The number of esters is 2.